The Kier molecular flexibility index (Phi) is 4.54. The normalized spacial score (nSPS) is 13.4. The van der Waals surface area contributed by atoms with Crippen molar-refractivity contribution in [2.45, 2.75) is 26.0 Å². The van der Waals surface area contributed by atoms with E-state index in [2.05, 4.69) is 0 Å². The molecular weight excluding hydrogens is 236 g/mol. The summed E-state index contributed by atoms with van der Waals surface area (Å²) >= 11 is 0. The molecule has 4 nitrogen and oxygen atoms in total. The molecule has 0 aliphatic carbocycles. The van der Waals surface area contributed by atoms with Crippen LogP contribution in [-0.2, 0) is 10.0 Å². The molecule has 0 radical (unpaired) electrons. The van der Waals surface area contributed by atoms with Crippen LogP contribution in [0.5, 0.6) is 0 Å². The molecule has 0 saturated heterocycles. The maximum absolute atomic E-state index is 12.3. The average Bonchev–Trinajstić information content (AvgIpc) is 2.28. The van der Waals surface area contributed by atoms with Gasteiger partial charge in [0.1, 0.15) is 0 Å². The maximum Gasteiger partial charge on any atom is 0.239 e. The van der Waals surface area contributed by atoms with E-state index in [0.29, 0.717) is 12.2 Å². The number of hydrogen-bond donors (Lipinski definition) is 1. The smallest absolute Gasteiger partial charge is 0.239 e. The molecule has 5 heteroatoms. The first kappa shape index (κ1) is 14.0. The highest BCUT2D eigenvalue weighted by Crippen LogP contribution is 2.21. The zero-order valence-electron chi connectivity index (χ0n) is 10.6. The fraction of sp³-hybridized carbons (Fsp3) is 0.500. The van der Waals surface area contributed by atoms with Crippen molar-refractivity contribution in [3.05, 3.63) is 29.8 Å². The van der Waals surface area contributed by atoms with Gasteiger partial charge in [-0.1, -0.05) is 12.1 Å². The van der Waals surface area contributed by atoms with Gasteiger partial charge < -0.3 is 5.73 Å². The Morgan fingerprint density at radius 2 is 2.06 bits per heavy atom. The van der Waals surface area contributed by atoms with E-state index in [1.807, 2.05) is 32.0 Å². The summed E-state index contributed by atoms with van der Waals surface area (Å²) in [6.07, 6.45) is 0. The second-order valence-corrected chi connectivity index (χ2v) is 6.37. The quantitative estimate of drug-likeness (QED) is 0.868. The molecule has 0 saturated carbocycles. The van der Waals surface area contributed by atoms with Crippen LogP contribution in [-0.4, -0.2) is 26.8 Å². The summed E-state index contributed by atoms with van der Waals surface area (Å²) in [6.45, 7) is 5.94. The van der Waals surface area contributed by atoms with Gasteiger partial charge in [-0.05, 0) is 38.5 Å². The van der Waals surface area contributed by atoms with Gasteiger partial charge in [-0.15, -0.1) is 0 Å². The average molecular weight is 256 g/mol. The standard InChI is InChI=1S/C12H20N2O2S/c1-4-14(17(15,16)11(3)9-13)12-7-5-6-10(2)8-12/h5-8,11H,4,9,13H2,1-3H3. The number of hydrogen-bond acceptors (Lipinski definition) is 3. The van der Waals surface area contributed by atoms with Gasteiger partial charge in [0.15, 0.2) is 0 Å². The first-order chi connectivity index (χ1) is 7.93. The van der Waals surface area contributed by atoms with Crippen LogP contribution in [0.15, 0.2) is 24.3 Å². The Bertz CT molecular complexity index is 471. The molecule has 0 aromatic heterocycles. The molecule has 1 atom stereocenters. The second-order valence-electron chi connectivity index (χ2n) is 4.10. The minimum Gasteiger partial charge on any atom is -0.329 e. The Hall–Kier alpha value is -1.07. The summed E-state index contributed by atoms with van der Waals surface area (Å²) in [5.41, 5.74) is 7.19. The minimum absolute atomic E-state index is 0.130. The van der Waals surface area contributed by atoms with E-state index in [1.54, 1.807) is 13.0 Å². The predicted octanol–water partition coefficient (Wildman–Crippen LogP) is 1.50. The molecule has 0 amide bonds. The Balaban J connectivity index is 3.16. The molecule has 96 valence electrons. The summed E-state index contributed by atoms with van der Waals surface area (Å²) in [4.78, 5) is 0. The van der Waals surface area contributed by atoms with Crippen LogP contribution in [0.25, 0.3) is 0 Å². The largest absolute Gasteiger partial charge is 0.329 e. The molecule has 0 aliphatic rings. The molecule has 1 aromatic carbocycles. The maximum atomic E-state index is 12.3. The summed E-state index contributed by atoms with van der Waals surface area (Å²) in [5, 5.41) is -0.567. The van der Waals surface area contributed by atoms with E-state index in [-0.39, 0.29) is 6.54 Å². The van der Waals surface area contributed by atoms with Gasteiger partial charge in [-0.2, -0.15) is 0 Å². The molecular formula is C12H20N2O2S. The SMILES string of the molecule is CCN(c1cccc(C)c1)S(=O)(=O)C(C)CN. The van der Waals surface area contributed by atoms with Gasteiger partial charge in [0.25, 0.3) is 0 Å². The number of anilines is 1. The van der Waals surface area contributed by atoms with Crippen molar-refractivity contribution in [1.29, 1.82) is 0 Å². The predicted molar refractivity (Wildman–Crippen MR) is 71.6 cm³/mol. The molecule has 1 aromatic rings. The fourth-order valence-corrected chi connectivity index (χ4v) is 3.08. The number of sulfonamides is 1. The number of nitrogens with zero attached hydrogens (tertiary/aromatic N) is 1. The van der Waals surface area contributed by atoms with Crippen LogP contribution in [0.3, 0.4) is 0 Å². The Labute approximate surface area is 103 Å². The van der Waals surface area contributed by atoms with Crippen molar-refractivity contribution >= 4 is 15.7 Å². The molecule has 1 unspecified atom stereocenters. The van der Waals surface area contributed by atoms with E-state index >= 15 is 0 Å². The Morgan fingerprint density at radius 1 is 1.41 bits per heavy atom. The van der Waals surface area contributed by atoms with E-state index in [4.69, 9.17) is 5.73 Å². The third-order valence-corrected chi connectivity index (χ3v) is 5.02. The molecule has 0 aliphatic heterocycles. The van der Waals surface area contributed by atoms with Crippen LogP contribution >= 0.6 is 0 Å². The van der Waals surface area contributed by atoms with Crippen LogP contribution in [0.2, 0.25) is 0 Å². The lowest BCUT2D eigenvalue weighted by molar-refractivity contribution is 0.579. The summed E-state index contributed by atoms with van der Waals surface area (Å²) in [5.74, 6) is 0. The van der Waals surface area contributed by atoms with Crippen molar-refractivity contribution in [3.8, 4) is 0 Å². The lowest BCUT2D eigenvalue weighted by Crippen LogP contribution is -2.40. The van der Waals surface area contributed by atoms with Crippen molar-refractivity contribution in [2.75, 3.05) is 17.4 Å². The van der Waals surface area contributed by atoms with Gasteiger partial charge in [0.2, 0.25) is 10.0 Å². The van der Waals surface area contributed by atoms with Crippen molar-refractivity contribution in [1.82, 2.24) is 0 Å². The molecule has 0 fully saturated rings. The molecule has 1 rings (SSSR count). The monoisotopic (exact) mass is 256 g/mol. The molecule has 2 N–H and O–H groups in total. The lowest BCUT2D eigenvalue weighted by atomic mass is 10.2. The molecule has 0 spiro atoms. The first-order valence-electron chi connectivity index (χ1n) is 5.71. The fourth-order valence-electron chi connectivity index (χ4n) is 1.63. The number of aryl methyl sites for hydroxylation is 1. The minimum atomic E-state index is -3.36. The summed E-state index contributed by atoms with van der Waals surface area (Å²) in [6, 6.07) is 7.47. The van der Waals surface area contributed by atoms with Crippen LogP contribution < -0.4 is 10.0 Å². The highest BCUT2D eigenvalue weighted by molar-refractivity contribution is 7.93. The second kappa shape index (κ2) is 5.51. The number of benzene rings is 1. The summed E-state index contributed by atoms with van der Waals surface area (Å²) in [7, 11) is -3.36. The lowest BCUT2D eigenvalue weighted by Gasteiger charge is -2.26. The van der Waals surface area contributed by atoms with E-state index < -0.39 is 15.3 Å². The zero-order valence-corrected chi connectivity index (χ0v) is 11.4. The molecule has 17 heavy (non-hydrogen) atoms. The third-order valence-electron chi connectivity index (χ3n) is 2.72. The first-order valence-corrected chi connectivity index (χ1v) is 7.22. The van der Waals surface area contributed by atoms with Crippen LogP contribution in [0, 0.1) is 6.92 Å². The van der Waals surface area contributed by atoms with E-state index in [9.17, 15) is 8.42 Å². The van der Waals surface area contributed by atoms with Gasteiger partial charge in [-0.3, -0.25) is 4.31 Å². The van der Waals surface area contributed by atoms with E-state index in [0.717, 1.165) is 5.56 Å². The summed E-state index contributed by atoms with van der Waals surface area (Å²) < 4.78 is 25.9. The van der Waals surface area contributed by atoms with E-state index in [1.165, 1.54) is 4.31 Å². The highest BCUT2D eigenvalue weighted by atomic mass is 32.2. The van der Waals surface area contributed by atoms with Gasteiger partial charge in [-0.25, -0.2) is 8.42 Å². The van der Waals surface area contributed by atoms with Crippen LogP contribution in [0.4, 0.5) is 5.69 Å². The van der Waals surface area contributed by atoms with Gasteiger partial charge in [0, 0.05) is 13.1 Å². The van der Waals surface area contributed by atoms with Crippen molar-refractivity contribution in [3.63, 3.8) is 0 Å². The van der Waals surface area contributed by atoms with Crippen LogP contribution in [0.1, 0.15) is 19.4 Å². The zero-order chi connectivity index (χ0) is 13.1. The Morgan fingerprint density at radius 3 is 2.53 bits per heavy atom. The number of nitrogens with two attached hydrogens (primary N) is 1. The topological polar surface area (TPSA) is 63.4 Å². The highest BCUT2D eigenvalue weighted by Gasteiger charge is 2.26. The van der Waals surface area contributed by atoms with Gasteiger partial charge in [0.05, 0.1) is 10.9 Å². The molecule has 0 heterocycles. The molecule has 0 bridgehead atoms. The number of rotatable bonds is 5. The van der Waals surface area contributed by atoms with Crippen molar-refractivity contribution < 1.29 is 8.42 Å². The van der Waals surface area contributed by atoms with Gasteiger partial charge >= 0.3 is 0 Å². The van der Waals surface area contributed by atoms with Crippen molar-refractivity contribution in [2.24, 2.45) is 5.73 Å². The third kappa shape index (κ3) is 2.98.